The number of rotatable bonds is 7. The molecule has 1 amide bonds. The summed E-state index contributed by atoms with van der Waals surface area (Å²) in [4.78, 5) is 18.0. The van der Waals surface area contributed by atoms with E-state index in [-0.39, 0.29) is 5.91 Å². The molecule has 1 aromatic heterocycles. The van der Waals surface area contributed by atoms with Crippen molar-refractivity contribution >= 4 is 11.6 Å². The van der Waals surface area contributed by atoms with Gasteiger partial charge in [-0.05, 0) is 32.1 Å². The molecule has 0 saturated carbocycles. The van der Waals surface area contributed by atoms with Gasteiger partial charge in [-0.3, -0.25) is 4.79 Å². The Balaban J connectivity index is 2.44. The third-order valence-electron chi connectivity index (χ3n) is 2.56. The van der Waals surface area contributed by atoms with Gasteiger partial charge in [0.25, 0.3) is 5.91 Å². The lowest BCUT2D eigenvalue weighted by Gasteiger charge is -2.11. The molecule has 19 heavy (non-hydrogen) atoms. The Morgan fingerprint density at radius 2 is 2.11 bits per heavy atom. The van der Waals surface area contributed by atoms with E-state index in [0.29, 0.717) is 18.2 Å². The number of anilines is 1. The maximum Gasteiger partial charge on any atom is 0.269 e. The van der Waals surface area contributed by atoms with Crippen molar-refractivity contribution in [2.24, 2.45) is 5.92 Å². The van der Waals surface area contributed by atoms with Gasteiger partial charge in [-0.2, -0.15) is 0 Å². The highest BCUT2D eigenvalue weighted by Crippen LogP contribution is 2.05. The first-order valence-corrected chi connectivity index (χ1v) is 6.62. The van der Waals surface area contributed by atoms with Crippen molar-refractivity contribution in [2.45, 2.75) is 13.8 Å². The molecule has 106 valence electrons. The van der Waals surface area contributed by atoms with Gasteiger partial charge in [0.15, 0.2) is 0 Å². The first-order chi connectivity index (χ1) is 8.99. The molecule has 0 bridgehead atoms. The minimum Gasteiger partial charge on any atom is -0.383 e. The number of aromatic nitrogens is 1. The molecule has 0 aliphatic rings. The summed E-state index contributed by atoms with van der Waals surface area (Å²) in [5, 5.41) is 6.10. The molecule has 1 rings (SSSR count). The van der Waals surface area contributed by atoms with Crippen LogP contribution in [0.25, 0.3) is 0 Å². The minimum atomic E-state index is -0.117. The molecule has 0 aliphatic heterocycles. The lowest BCUT2D eigenvalue weighted by atomic mass is 10.2. The van der Waals surface area contributed by atoms with Gasteiger partial charge in [0, 0.05) is 19.6 Å². The molecule has 1 aromatic rings. The van der Waals surface area contributed by atoms with E-state index in [4.69, 9.17) is 0 Å². The van der Waals surface area contributed by atoms with Crippen LogP contribution >= 0.6 is 0 Å². The van der Waals surface area contributed by atoms with Gasteiger partial charge < -0.3 is 15.5 Å². The Bertz CT molecular complexity index is 387. The van der Waals surface area contributed by atoms with Crippen LogP contribution in [-0.4, -0.2) is 49.5 Å². The molecular formula is C14H24N4O. The minimum absolute atomic E-state index is 0.117. The fourth-order valence-corrected chi connectivity index (χ4v) is 1.44. The number of amides is 1. The second-order valence-corrected chi connectivity index (χ2v) is 5.27. The number of hydrogen-bond donors (Lipinski definition) is 2. The van der Waals surface area contributed by atoms with Gasteiger partial charge in [-0.25, -0.2) is 4.98 Å². The molecule has 0 unspecified atom stereocenters. The van der Waals surface area contributed by atoms with Crippen molar-refractivity contribution in [3.05, 3.63) is 24.0 Å². The first-order valence-electron chi connectivity index (χ1n) is 6.62. The summed E-state index contributed by atoms with van der Waals surface area (Å²) in [5.41, 5.74) is 1.39. The molecule has 0 radical (unpaired) electrons. The zero-order chi connectivity index (χ0) is 14.3. The number of hydrogen-bond acceptors (Lipinski definition) is 4. The number of likely N-dealkylation sites (N-methyl/N-ethyl adjacent to an activating group) is 1. The van der Waals surface area contributed by atoms with Crippen molar-refractivity contribution < 1.29 is 4.79 Å². The van der Waals surface area contributed by atoms with E-state index in [1.807, 2.05) is 20.2 Å². The Kier molecular flexibility index (Phi) is 6.29. The molecule has 0 spiro atoms. The van der Waals surface area contributed by atoms with Crippen LogP contribution in [0.3, 0.4) is 0 Å². The normalized spacial score (nSPS) is 10.8. The Morgan fingerprint density at radius 1 is 1.37 bits per heavy atom. The molecule has 0 fully saturated rings. The van der Waals surface area contributed by atoms with Gasteiger partial charge in [0.1, 0.15) is 5.69 Å². The first kappa shape index (κ1) is 15.4. The summed E-state index contributed by atoms with van der Waals surface area (Å²) in [6.07, 6.45) is 1.69. The van der Waals surface area contributed by atoms with Crippen molar-refractivity contribution in [1.82, 2.24) is 15.2 Å². The molecule has 5 heteroatoms. The summed E-state index contributed by atoms with van der Waals surface area (Å²) in [6, 6.07) is 3.63. The van der Waals surface area contributed by atoms with Gasteiger partial charge in [0.05, 0.1) is 11.9 Å². The van der Waals surface area contributed by atoms with Crippen molar-refractivity contribution in [1.29, 1.82) is 0 Å². The van der Waals surface area contributed by atoms with E-state index in [1.165, 1.54) is 0 Å². The van der Waals surface area contributed by atoms with Crippen LogP contribution in [0, 0.1) is 5.92 Å². The lowest BCUT2D eigenvalue weighted by molar-refractivity contribution is 0.0944. The topological polar surface area (TPSA) is 57.3 Å². The SMILES string of the molecule is CC(C)CNC(=O)c1ccc(NCCN(C)C)cn1. The fraction of sp³-hybridized carbons (Fsp3) is 0.571. The van der Waals surface area contributed by atoms with Crippen LogP contribution in [0.4, 0.5) is 5.69 Å². The van der Waals surface area contributed by atoms with Crippen LogP contribution in [0.1, 0.15) is 24.3 Å². The van der Waals surface area contributed by atoms with Gasteiger partial charge >= 0.3 is 0 Å². The molecule has 2 N–H and O–H groups in total. The zero-order valence-corrected chi connectivity index (χ0v) is 12.2. The summed E-state index contributed by atoms with van der Waals surface area (Å²) in [6.45, 7) is 6.60. The van der Waals surface area contributed by atoms with E-state index >= 15 is 0 Å². The largest absolute Gasteiger partial charge is 0.383 e. The molecule has 5 nitrogen and oxygen atoms in total. The Hall–Kier alpha value is -1.62. The maximum absolute atomic E-state index is 11.8. The number of carbonyl (C=O) groups is 1. The fourth-order valence-electron chi connectivity index (χ4n) is 1.44. The number of nitrogens with zero attached hydrogens (tertiary/aromatic N) is 2. The predicted molar refractivity (Wildman–Crippen MR) is 78.5 cm³/mol. The summed E-state index contributed by atoms with van der Waals surface area (Å²) < 4.78 is 0. The quantitative estimate of drug-likeness (QED) is 0.782. The van der Waals surface area contributed by atoms with Crippen molar-refractivity contribution in [2.75, 3.05) is 39.0 Å². The second kappa shape index (κ2) is 7.74. The number of carbonyl (C=O) groups excluding carboxylic acids is 1. The van der Waals surface area contributed by atoms with Crippen LogP contribution in [0.2, 0.25) is 0 Å². The van der Waals surface area contributed by atoms with E-state index in [0.717, 1.165) is 18.8 Å². The van der Waals surface area contributed by atoms with E-state index < -0.39 is 0 Å². The van der Waals surface area contributed by atoms with Crippen LogP contribution in [0.5, 0.6) is 0 Å². The molecule has 0 saturated heterocycles. The Morgan fingerprint density at radius 3 is 2.63 bits per heavy atom. The third kappa shape index (κ3) is 6.20. The van der Waals surface area contributed by atoms with Crippen LogP contribution in [0.15, 0.2) is 18.3 Å². The van der Waals surface area contributed by atoms with E-state index in [2.05, 4.69) is 34.4 Å². The molecule has 0 atom stereocenters. The molecular weight excluding hydrogens is 240 g/mol. The zero-order valence-electron chi connectivity index (χ0n) is 12.2. The Labute approximate surface area is 115 Å². The smallest absolute Gasteiger partial charge is 0.269 e. The predicted octanol–water partition coefficient (Wildman–Crippen LogP) is 1.44. The highest BCUT2D eigenvalue weighted by Gasteiger charge is 2.07. The number of pyridine rings is 1. The highest BCUT2D eigenvalue weighted by molar-refractivity contribution is 5.92. The highest BCUT2D eigenvalue weighted by atomic mass is 16.1. The van der Waals surface area contributed by atoms with Crippen molar-refractivity contribution in [3.8, 4) is 0 Å². The van der Waals surface area contributed by atoms with Crippen LogP contribution in [-0.2, 0) is 0 Å². The summed E-state index contributed by atoms with van der Waals surface area (Å²) in [5.74, 6) is 0.324. The van der Waals surface area contributed by atoms with E-state index in [9.17, 15) is 4.79 Å². The average Bonchev–Trinajstić information content (AvgIpc) is 2.36. The van der Waals surface area contributed by atoms with Gasteiger partial charge in [0.2, 0.25) is 0 Å². The maximum atomic E-state index is 11.8. The molecule has 0 aliphatic carbocycles. The summed E-state index contributed by atoms with van der Waals surface area (Å²) >= 11 is 0. The van der Waals surface area contributed by atoms with E-state index in [1.54, 1.807) is 12.3 Å². The van der Waals surface area contributed by atoms with Crippen molar-refractivity contribution in [3.63, 3.8) is 0 Å². The van der Waals surface area contributed by atoms with Gasteiger partial charge in [-0.1, -0.05) is 13.8 Å². The number of nitrogens with one attached hydrogen (secondary N) is 2. The molecule has 0 aromatic carbocycles. The summed E-state index contributed by atoms with van der Waals surface area (Å²) in [7, 11) is 4.06. The third-order valence-corrected chi connectivity index (χ3v) is 2.56. The molecule has 1 heterocycles. The standard InChI is InChI=1S/C14H24N4O/c1-11(2)9-17-14(19)13-6-5-12(10-16-13)15-7-8-18(3)4/h5-6,10-11,15H,7-9H2,1-4H3,(H,17,19). The lowest BCUT2D eigenvalue weighted by Crippen LogP contribution is -2.28. The average molecular weight is 264 g/mol. The monoisotopic (exact) mass is 264 g/mol. The van der Waals surface area contributed by atoms with Gasteiger partial charge in [-0.15, -0.1) is 0 Å². The van der Waals surface area contributed by atoms with Crippen LogP contribution < -0.4 is 10.6 Å². The second-order valence-electron chi connectivity index (χ2n) is 5.27.